The maximum atomic E-state index is 11.1. The van der Waals surface area contributed by atoms with Crippen LogP contribution in [-0.2, 0) is 9.53 Å². The molecule has 2 aliphatic carbocycles. The van der Waals surface area contributed by atoms with Crippen molar-refractivity contribution in [2.24, 2.45) is 5.92 Å². The zero-order valence-electron chi connectivity index (χ0n) is 7.88. The van der Waals surface area contributed by atoms with Crippen LogP contribution in [0.4, 0.5) is 0 Å². The summed E-state index contributed by atoms with van der Waals surface area (Å²) >= 11 is 0. The van der Waals surface area contributed by atoms with Crippen molar-refractivity contribution in [2.75, 3.05) is 7.11 Å². The molecule has 0 aliphatic heterocycles. The highest BCUT2D eigenvalue weighted by Gasteiger charge is 2.35. The fourth-order valence-electron chi connectivity index (χ4n) is 1.86. The fraction of sp³-hybridized carbons (Fsp3) is 0.545. The third kappa shape index (κ3) is 1.67. The van der Waals surface area contributed by atoms with E-state index in [0.717, 1.165) is 6.42 Å². The van der Waals surface area contributed by atoms with Gasteiger partial charge in [-0.05, 0) is 36.8 Å². The van der Waals surface area contributed by atoms with Crippen molar-refractivity contribution in [1.82, 2.24) is 0 Å². The minimum absolute atomic E-state index is 0.0191. The van der Waals surface area contributed by atoms with Crippen molar-refractivity contribution in [3.8, 4) is 0 Å². The second-order valence-electron chi connectivity index (χ2n) is 3.60. The number of ether oxygens (including phenoxy) is 1. The smallest absolute Gasteiger partial charge is 0.317 e. The Morgan fingerprint density at radius 3 is 3.00 bits per heavy atom. The molecule has 0 bridgehead atoms. The normalized spacial score (nSPS) is 26.1. The van der Waals surface area contributed by atoms with Crippen LogP contribution >= 0.6 is 0 Å². The maximum absolute atomic E-state index is 11.1. The average molecular weight is 178 g/mol. The van der Waals surface area contributed by atoms with Crippen molar-refractivity contribution in [1.29, 1.82) is 0 Å². The molecule has 0 fully saturated rings. The lowest BCUT2D eigenvalue weighted by Crippen LogP contribution is -2.06. The summed E-state index contributed by atoms with van der Waals surface area (Å²) in [5.74, 6) is -0.129. The fourth-order valence-corrected chi connectivity index (χ4v) is 1.86. The van der Waals surface area contributed by atoms with E-state index in [2.05, 4.69) is 10.8 Å². The molecule has 0 saturated carbocycles. The predicted molar refractivity (Wildman–Crippen MR) is 50.1 cm³/mol. The molecule has 0 aromatic heterocycles. The van der Waals surface area contributed by atoms with E-state index >= 15 is 0 Å². The minimum atomic E-state index is -0.110. The molecule has 0 radical (unpaired) electrons. The summed E-state index contributed by atoms with van der Waals surface area (Å²) in [6.45, 7) is 0. The lowest BCUT2D eigenvalue weighted by atomic mass is 9.96. The molecule has 2 heteroatoms. The van der Waals surface area contributed by atoms with Crippen molar-refractivity contribution in [2.45, 2.75) is 25.7 Å². The van der Waals surface area contributed by atoms with Gasteiger partial charge in [-0.3, -0.25) is 4.79 Å². The topological polar surface area (TPSA) is 26.3 Å². The Morgan fingerprint density at radius 2 is 2.38 bits per heavy atom. The number of allylic oxidation sites excluding steroid dienone is 2. The first-order valence-corrected chi connectivity index (χ1v) is 4.82. The molecule has 70 valence electrons. The Hall–Kier alpha value is -1.05. The average Bonchev–Trinajstić information content (AvgIpc) is 2.98. The van der Waals surface area contributed by atoms with Gasteiger partial charge in [0.15, 0.2) is 0 Å². The Balaban J connectivity index is 1.95. The molecular weight excluding hydrogens is 164 g/mol. The minimum Gasteiger partial charge on any atom is -0.468 e. The first kappa shape index (κ1) is 8.54. The van der Waals surface area contributed by atoms with E-state index in [1.807, 2.05) is 6.08 Å². The van der Waals surface area contributed by atoms with Gasteiger partial charge in [-0.1, -0.05) is 12.2 Å². The highest BCUT2D eigenvalue weighted by molar-refractivity contribution is 5.85. The van der Waals surface area contributed by atoms with Crippen molar-refractivity contribution in [3.05, 3.63) is 23.3 Å². The van der Waals surface area contributed by atoms with E-state index in [9.17, 15) is 4.79 Å². The Kier molecular flexibility index (Phi) is 2.21. The molecule has 0 N–H and O–H groups in total. The van der Waals surface area contributed by atoms with Gasteiger partial charge in [-0.2, -0.15) is 0 Å². The summed E-state index contributed by atoms with van der Waals surface area (Å²) in [6, 6.07) is 0. The Labute approximate surface area is 78.3 Å². The van der Waals surface area contributed by atoms with E-state index in [0.29, 0.717) is 0 Å². The van der Waals surface area contributed by atoms with Crippen molar-refractivity contribution in [3.63, 3.8) is 0 Å². The van der Waals surface area contributed by atoms with Gasteiger partial charge >= 0.3 is 5.97 Å². The SMILES string of the molecule is COC(=O)C1C=C1C1=CCCCC1. The summed E-state index contributed by atoms with van der Waals surface area (Å²) in [4.78, 5) is 11.1. The largest absolute Gasteiger partial charge is 0.468 e. The molecule has 2 aliphatic rings. The predicted octanol–water partition coefficient (Wildman–Crippen LogP) is 2.22. The lowest BCUT2D eigenvalue weighted by molar-refractivity contribution is -0.141. The third-order valence-electron chi connectivity index (χ3n) is 2.69. The monoisotopic (exact) mass is 178 g/mol. The van der Waals surface area contributed by atoms with Crippen molar-refractivity contribution >= 4 is 5.97 Å². The summed E-state index contributed by atoms with van der Waals surface area (Å²) in [7, 11) is 1.45. The molecular formula is C11H14O2. The Bertz CT molecular complexity index is 286. The highest BCUT2D eigenvalue weighted by Crippen LogP contribution is 2.40. The highest BCUT2D eigenvalue weighted by atomic mass is 16.5. The van der Waals surface area contributed by atoms with Gasteiger partial charge in [0.2, 0.25) is 0 Å². The molecule has 1 atom stereocenters. The van der Waals surface area contributed by atoms with Crippen LogP contribution in [0.25, 0.3) is 0 Å². The zero-order valence-corrected chi connectivity index (χ0v) is 7.88. The van der Waals surface area contributed by atoms with E-state index in [1.54, 1.807) is 0 Å². The van der Waals surface area contributed by atoms with Crippen LogP contribution < -0.4 is 0 Å². The molecule has 0 spiro atoms. The summed E-state index contributed by atoms with van der Waals surface area (Å²) < 4.78 is 4.68. The van der Waals surface area contributed by atoms with Crippen LogP contribution in [0.15, 0.2) is 23.3 Å². The van der Waals surface area contributed by atoms with E-state index in [1.165, 1.54) is 37.5 Å². The summed E-state index contributed by atoms with van der Waals surface area (Å²) in [5.41, 5.74) is 2.59. The number of rotatable bonds is 2. The molecule has 1 unspecified atom stereocenters. The summed E-state index contributed by atoms with van der Waals surface area (Å²) in [5, 5.41) is 0. The van der Waals surface area contributed by atoms with E-state index in [4.69, 9.17) is 0 Å². The molecule has 0 heterocycles. The second kappa shape index (κ2) is 3.36. The van der Waals surface area contributed by atoms with Crippen LogP contribution in [-0.4, -0.2) is 13.1 Å². The quantitative estimate of drug-likeness (QED) is 0.606. The van der Waals surface area contributed by atoms with Gasteiger partial charge in [0.05, 0.1) is 7.11 Å². The van der Waals surface area contributed by atoms with Crippen LogP contribution in [0, 0.1) is 5.92 Å². The molecule has 0 aromatic carbocycles. The van der Waals surface area contributed by atoms with Crippen LogP contribution in [0.5, 0.6) is 0 Å². The van der Waals surface area contributed by atoms with Crippen LogP contribution in [0.2, 0.25) is 0 Å². The van der Waals surface area contributed by atoms with Gasteiger partial charge in [-0.25, -0.2) is 0 Å². The third-order valence-corrected chi connectivity index (χ3v) is 2.69. The number of hydrogen-bond acceptors (Lipinski definition) is 2. The number of hydrogen-bond donors (Lipinski definition) is 0. The van der Waals surface area contributed by atoms with Gasteiger partial charge in [0, 0.05) is 0 Å². The standard InChI is InChI=1S/C11H14O2/c1-13-11(12)10-7-9(10)8-5-3-2-4-6-8/h5,7,10H,2-4,6H2,1H3. The molecule has 0 saturated heterocycles. The van der Waals surface area contributed by atoms with Gasteiger partial charge in [-0.15, -0.1) is 0 Å². The maximum Gasteiger partial charge on any atom is 0.317 e. The van der Waals surface area contributed by atoms with E-state index < -0.39 is 0 Å². The zero-order chi connectivity index (χ0) is 9.26. The summed E-state index contributed by atoms with van der Waals surface area (Å²) in [6.07, 6.45) is 9.12. The molecule has 0 aromatic rings. The van der Waals surface area contributed by atoms with E-state index in [-0.39, 0.29) is 11.9 Å². The van der Waals surface area contributed by atoms with Gasteiger partial charge in [0.25, 0.3) is 0 Å². The lowest BCUT2D eigenvalue weighted by Gasteiger charge is -2.10. The first-order chi connectivity index (χ1) is 6.33. The van der Waals surface area contributed by atoms with Gasteiger partial charge < -0.3 is 4.74 Å². The first-order valence-electron chi connectivity index (χ1n) is 4.82. The number of esters is 1. The molecule has 13 heavy (non-hydrogen) atoms. The van der Waals surface area contributed by atoms with Crippen LogP contribution in [0.1, 0.15) is 25.7 Å². The molecule has 0 amide bonds. The molecule has 2 nitrogen and oxygen atoms in total. The van der Waals surface area contributed by atoms with Crippen LogP contribution in [0.3, 0.4) is 0 Å². The number of carbonyl (C=O) groups excluding carboxylic acids is 1. The van der Waals surface area contributed by atoms with Gasteiger partial charge in [0.1, 0.15) is 5.92 Å². The number of methoxy groups -OCH3 is 1. The van der Waals surface area contributed by atoms with Crippen molar-refractivity contribution < 1.29 is 9.53 Å². The number of carbonyl (C=O) groups is 1. The molecule has 2 rings (SSSR count). The Morgan fingerprint density at radius 1 is 1.54 bits per heavy atom. The second-order valence-corrected chi connectivity index (χ2v) is 3.60.